The summed E-state index contributed by atoms with van der Waals surface area (Å²) >= 11 is 6.20. The molecule has 0 fully saturated rings. The van der Waals surface area contributed by atoms with Gasteiger partial charge in [-0.2, -0.15) is 0 Å². The van der Waals surface area contributed by atoms with E-state index in [0.29, 0.717) is 0 Å². The van der Waals surface area contributed by atoms with Crippen LogP contribution in [-0.2, 0) is 4.79 Å². The molecule has 0 rings (SSSR count). The van der Waals surface area contributed by atoms with Crippen LogP contribution in [0.1, 0.15) is 0 Å². The minimum absolute atomic E-state index is 0.119. The molecule has 0 aliphatic heterocycles. The molecule has 1 unspecified atom stereocenters. The van der Waals surface area contributed by atoms with Crippen molar-refractivity contribution < 1.29 is 9.90 Å². The molecule has 0 aromatic carbocycles. The van der Waals surface area contributed by atoms with Crippen molar-refractivity contribution in [1.29, 1.82) is 5.41 Å². The Kier molecular flexibility index (Phi) is 4.22. The van der Waals surface area contributed by atoms with Crippen molar-refractivity contribution in [2.45, 2.75) is 5.38 Å². The van der Waals surface area contributed by atoms with Crippen LogP contribution in [-0.4, -0.2) is 27.4 Å². The fourth-order valence-electron chi connectivity index (χ4n) is 0.234. The first kappa shape index (κ1) is 9.58. The molecular weight excluding hydrogens is 176 g/mol. The van der Waals surface area contributed by atoms with Gasteiger partial charge in [0.05, 0.1) is 0 Å². The second kappa shape index (κ2) is 4.40. The fourth-order valence-corrected chi connectivity index (χ4v) is 0.892. The summed E-state index contributed by atoms with van der Waals surface area (Å²) in [5.74, 6) is -0.956. The molecule has 0 aliphatic carbocycles. The van der Waals surface area contributed by atoms with Crippen molar-refractivity contribution in [2.24, 2.45) is 5.73 Å². The summed E-state index contributed by atoms with van der Waals surface area (Å²) in [6.45, 7) is 0. The first-order chi connectivity index (χ1) is 4.54. The Morgan fingerprint density at radius 2 is 2.40 bits per heavy atom. The van der Waals surface area contributed by atoms with Gasteiger partial charge in [-0.05, 0) is 0 Å². The first-order valence-corrected chi connectivity index (χ1v) is 3.80. The smallest absolute Gasteiger partial charge is 0.322 e. The van der Waals surface area contributed by atoms with Gasteiger partial charge in [0.25, 0.3) is 0 Å². The number of halogens is 1. The molecule has 0 saturated heterocycles. The zero-order chi connectivity index (χ0) is 8.15. The summed E-state index contributed by atoms with van der Waals surface area (Å²) in [5, 5.41) is 13.9. The van der Waals surface area contributed by atoms with E-state index in [9.17, 15) is 4.79 Å². The number of carbonyl (C=O) groups is 1. The van der Waals surface area contributed by atoms with Crippen LogP contribution in [0.2, 0.25) is 0 Å². The SMILES string of the molecule is N=C(N)SCC(Cl)C(=O)O. The van der Waals surface area contributed by atoms with Gasteiger partial charge in [0.2, 0.25) is 0 Å². The predicted octanol–water partition coefficient (Wildman–Crippen LogP) is 0.305. The van der Waals surface area contributed by atoms with Crippen LogP contribution in [0.3, 0.4) is 0 Å². The lowest BCUT2D eigenvalue weighted by Crippen LogP contribution is -2.18. The number of alkyl halides is 1. The van der Waals surface area contributed by atoms with E-state index in [2.05, 4.69) is 0 Å². The van der Waals surface area contributed by atoms with Crippen molar-refractivity contribution in [1.82, 2.24) is 0 Å². The van der Waals surface area contributed by atoms with E-state index in [4.69, 9.17) is 27.9 Å². The molecule has 0 spiro atoms. The number of hydrogen-bond acceptors (Lipinski definition) is 3. The molecule has 1 atom stereocenters. The van der Waals surface area contributed by atoms with E-state index >= 15 is 0 Å². The zero-order valence-electron chi connectivity index (χ0n) is 5.00. The minimum atomic E-state index is -1.09. The molecular formula is C4H7ClN2O2S. The molecule has 10 heavy (non-hydrogen) atoms. The first-order valence-electron chi connectivity index (χ1n) is 2.37. The lowest BCUT2D eigenvalue weighted by molar-refractivity contribution is -0.136. The summed E-state index contributed by atoms with van der Waals surface area (Å²) in [4.78, 5) is 10.1. The molecule has 4 N–H and O–H groups in total. The normalized spacial score (nSPS) is 12.5. The summed E-state index contributed by atoms with van der Waals surface area (Å²) in [6.07, 6.45) is 0. The average molecular weight is 183 g/mol. The largest absolute Gasteiger partial charge is 0.480 e. The van der Waals surface area contributed by atoms with Crippen LogP contribution in [0.25, 0.3) is 0 Å². The molecule has 0 radical (unpaired) electrons. The van der Waals surface area contributed by atoms with E-state index in [1.165, 1.54) is 0 Å². The number of carboxylic acids is 1. The second-order valence-electron chi connectivity index (χ2n) is 1.48. The van der Waals surface area contributed by atoms with Gasteiger partial charge in [-0.1, -0.05) is 11.8 Å². The van der Waals surface area contributed by atoms with Crippen LogP contribution in [0.15, 0.2) is 0 Å². The van der Waals surface area contributed by atoms with Gasteiger partial charge < -0.3 is 10.8 Å². The third-order valence-corrected chi connectivity index (χ3v) is 1.99. The van der Waals surface area contributed by atoms with Crippen molar-refractivity contribution in [3.05, 3.63) is 0 Å². The van der Waals surface area contributed by atoms with Gasteiger partial charge >= 0.3 is 5.97 Å². The Labute approximate surface area is 67.2 Å². The maximum absolute atomic E-state index is 10.1. The lowest BCUT2D eigenvalue weighted by Gasteiger charge is -2.00. The number of nitrogens with two attached hydrogens (primary N) is 1. The number of rotatable bonds is 3. The molecule has 0 bridgehead atoms. The Balaban J connectivity index is 3.49. The van der Waals surface area contributed by atoms with Crippen molar-refractivity contribution in [2.75, 3.05) is 5.75 Å². The molecule has 6 heteroatoms. The molecule has 0 aromatic heterocycles. The van der Waals surface area contributed by atoms with E-state index in [1.54, 1.807) is 0 Å². The standard InChI is InChI=1S/C4H7ClN2O2S/c5-2(3(8)9)1-10-4(6)7/h2H,1H2,(H3,6,7)(H,8,9). The highest BCUT2D eigenvalue weighted by atomic mass is 35.5. The molecule has 0 heterocycles. The highest BCUT2D eigenvalue weighted by Gasteiger charge is 2.13. The summed E-state index contributed by atoms with van der Waals surface area (Å²) in [6, 6.07) is 0. The summed E-state index contributed by atoms with van der Waals surface area (Å²) in [7, 11) is 0. The van der Waals surface area contributed by atoms with Crippen LogP contribution in [0, 0.1) is 5.41 Å². The highest BCUT2D eigenvalue weighted by Crippen LogP contribution is 2.06. The van der Waals surface area contributed by atoms with Gasteiger partial charge in [0.1, 0.15) is 5.38 Å². The van der Waals surface area contributed by atoms with Gasteiger partial charge in [-0.25, -0.2) is 0 Å². The van der Waals surface area contributed by atoms with Crippen molar-refractivity contribution >= 4 is 34.5 Å². The third-order valence-electron chi connectivity index (χ3n) is 0.653. The number of nitrogens with one attached hydrogen (secondary N) is 1. The monoisotopic (exact) mass is 182 g/mol. The lowest BCUT2D eigenvalue weighted by atomic mass is 10.5. The zero-order valence-corrected chi connectivity index (χ0v) is 6.58. The Morgan fingerprint density at radius 1 is 1.90 bits per heavy atom. The topological polar surface area (TPSA) is 87.2 Å². The van der Waals surface area contributed by atoms with E-state index in [0.717, 1.165) is 11.8 Å². The maximum Gasteiger partial charge on any atom is 0.322 e. The maximum atomic E-state index is 10.1. The Hall–Kier alpha value is -0.420. The molecule has 58 valence electrons. The van der Waals surface area contributed by atoms with E-state index in [1.807, 2.05) is 0 Å². The fraction of sp³-hybridized carbons (Fsp3) is 0.500. The van der Waals surface area contributed by atoms with E-state index < -0.39 is 11.3 Å². The van der Waals surface area contributed by atoms with Crippen LogP contribution >= 0.6 is 23.4 Å². The summed E-state index contributed by atoms with van der Waals surface area (Å²) in [5.41, 5.74) is 4.94. The van der Waals surface area contributed by atoms with Crippen molar-refractivity contribution in [3.8, 4) is 0 Å². The Bertz CT molecular complexity index is 152. The minimum Gasteiger partial charge on any atom is -0.480 e. The van der Waals surface area contributed by atoms with Crippen LogP contribution in [0.4, 0.5) is 0 Å². The van der Waals surface area contributed by atoms with Gasteiger partial charge in [-0.3, -0.25) is 10.2 Å². The number of amidine groups is 1. The van der Waals surface area contributed by atoms with Crippen LogP contribution in [0.5, 0.6) is 0 Å². The quantitative estimate of drug-likeness (QED) is 0.333. The Morgan fingerprint density at radius 3 is 2.70 bits per heavy atom. The van der Waals surface area contributed by atoms with Gasteiger partial charge in [0, 0.05) is 5.75 Å². The number of aliphatic carboxylic acids is 1. The molecule has 0 aromatic rings. The predicted molar refractivity (Wildman–Crippen MR) is 41.6 cm³/mol. The number of hydrogen-bond donors (Lipinski definition) is 3. The number of thioether (sulfide) groups is 1. The van der Waals surface area contributed by atoms with Crippen LogP contribution < -0.4 is 5.73 Å². The molecule has 0 aliphatic rings. The highest BCUT2D eigenvalue weighted by molar-refractivity contribution is 8.13. The average Bonchev–Trinajstić information content (AvgIpc) is 1.82. The second-order valence-corrected chi connectivity index (χ2v) is 3.07. The van der Waals surface area contributed by atoms with Gasteiger partial charge in [-0.15, -0.1) is 11.6 Å². The van der Waals surface area contributed by atoms with Gasteiger partial charge in [0.15, 0.2) is 5.17 Å². The third kappa shape index (κ3) is 4.46. The number of carboxylic acid groups (broad SMARTS) is 1. The molecule has 0 saturated carbocycles. The van der Waals surface area contributed by atoms with Crippen molar-refractivity contribution in [3.63, 3.8) is 0 Å². The van der Waals surface area contributed by atoms with E-state index in [-0.39, 0.29) is 10.9 Å². The molecule has 0 amide bonds. The molecule has 4 nitrogen and oxygen atoms in total. The summed E-state index contributed by atoms with van der Waals surface area (Å²) < 4.78 is 0.